The molecule has 0 aliphatic carbocycles. The van der Waals surface area contributed by atoms with Crippen LogP contribution in [0.15, 0.2) is 59.8 Å². The van der Waals surface area contributed by atoms with E-state index in [9.17, 15) is 0 Å². The lowest BCUT2D eigenvalue weighted by Crippen LogP contribution is -2.34. The summed E-state index contributed by atoms with van der Waals surface area (Å²) in [5.41, 5.74) is 11.2. The summed E-state index contributed by atoms with van der Waals surface area (Å²) in [6.45, 7) is 2.04. The summed E-state index contributed by atoms with van der Waals surface area (Å²) in [6, 6.07) is 15.4. The molecule has 0 spiro atoms. The molecular formula is C21H21N7O. The number of aromatic nitrogens is 3. The standard InChI is InChI=1S/C21H21N7O/c1-12-9-10-25-17-8-5-14(11-16(12)17)19-18(13-3-6-15(29-2)7-4-13)26-20(22)21(27-23)28(19)24/h3-11H,23-24H2,1-2H3,(H2,22,26)/b27-21-. The van der Waals surface area contributed by atoms with Crippen molar-refractivity contribution in [1.29, 1.82) is 0 Å². The Hall–Kier alpha value is -4.07. The topological polar surface area (TPSA) is 130 Å². The Labute approximate surface area is 167 Å². The Morgan fingerprint density at radius 1 is 1.03 bits per heavy atom. The van der Waals surface area contributed by atoms with Crippen LogP contribution in [0, 0.1) is 6.92 Å². The molecule has 0 amide bonds. The van der Waals surface area contributed by atoms with Gasteiger partial charge in [-0.1, -0.05) is 6.07 Å². The fraction of sp³-hybridized carbons (Fsp3) is 0.0952. The van der Waals surface area contributed by atoms with Gasteiger partial charge in [0.1, 0.15) is 5.75 Å². The highest BCUT2D eigenvalue weighted by Gasteiger charge is 2.17. The number of benzene rings is 2. The summed E-state index contributed by atoms with van der Waals surface area (Å²) >= 11 is 0. The maximum Gasteiger partial charge on any atom is 0.213 e. The molecule has 2 heterocycles. The third kappa shape index (κ3) is 3.10. The second-order valence-corrected chi connectivity index (χ2v) is 6.61. The smallest absolute Gasteiger partial charge is 0.213 e. The van der Waals surface area contributed by atoms with E-state index in [0.717, 1.165) is 33.3 Å². The Kier molecular flexibility index (Phi) is 4.52. The number of aryl methyl sites for hydroxylation is 1. The first-order valence-electron chi connectivity index (χ1n) is 8.95. The molecule has 0 saturated heterocycles. The van der Waals surface area contributed by atoms with Crippen molar-refractivity contribution in [3.8, 4) is 28.3 Å². The molecule has 6 N–H and O–H groups in total. The SMILES string of the molecule is COc1ccc(-c2nc(N)/c(=N/N)n(N)c2-c2ccc3nccc(C)c3c2)cc1. The van der Waals surface area contributed by atoms with E-state index in [4.69, 9.17) is 22.2 Å². The Balaban J connectivity index is 2.04. The summed E-state index contributed by atoms with van der Waals surface area (Å²) < 4.78 is 6.62. The highest BCUT2D eigenvalue weighted by atomic mass is 16.5. The minimum atomic E-state index is 0.142. The van der Waals surface area contributed by atoms with E-state index in [0.29, 0.717) is 11.4 Å². The molecule has 2 aromatic carbocycles. The van der Waals surface area contributed by atoms with E-state index in [2.05, 4.69) is 15.1 Å². The number of fused-ring (bicyclic) bond motifs is 1. The van der Waals surface area contributed by atoms with Crippen LogP contribution in [0.1, 0.15) is 5.56 Å². The van der Waals surface area contributed by atoms with E-state index >= 15 is 0 Å². The zero-order valence-electron chi connectivity index (χ0n) is 16.1. The van der Waals surface area contributed by atoms with Gasteiger partial charge in [0.05, 0.1) is 24.0 Å². The average molecular weight is 387 g/mol. The molecule has 0 radical (unpaired) electrons. The van der Waals surface area contributed by atoms with Crippen LogP contribution in [0.5, 0.6) is 5.75 Å². The number of nitrogens with zero attached hydrogens (tertiary/aromatic N) is 4. The summed E-state index contributed by atoms with van der Waals surface area (Å²) in [6.07, 6.45) is 1.79. The number of methoxy groups -OCH3 is 1. The van der Waals surface area contributed by atoms with Gasteiger partial charge in [0.25, 0.3) is 0 Å². The molecular weight excluding hydrogens is 366 g/mol. The number of nitrogen functional groups attached to an aromatic ring is 2. The predicted octanol–water partition coefficient (Wildman–Crippen LogP) is 2.15. The molecule has 0 aliphatic rings. The lowest BCUT2D eigenvalue weighted by molar-refractivity contribution is 0.415. The van der Waals surface area contributed by atoms with Gasteiger partial charge in [0, 0.05) is 22.7 Å². The molecule has 0 fully saturated rings. The molecule has 0 unspecified atom stereocenters. The molecule has 8 heteroatoms. The van der Waals surface area contributed by atoms with Gasteiger partial charge < -0.3 is 22.2 Å². The number of anilines is 1. The van der Waals surface area contributed by atoms with Crippen LogP contribution in [0.3, 0.4) is 0 Å². The zero-order chi connectivity index (χ0) is 20.5. The normalized spacial score (nSPS) is 11.7. The summed E-state index contributed by atoms with van der Waals surface area (Å²) in [7, 11) is 1.62. The minimum absolute atomic E-state index is 0.142. The lowest BCUT2D eigenvalue weighted by Gasteiger charge is -2.16. The van der Waals surface area contributed by atoms with Crippen LogP contribution in [0.2, 0.25) is 0 Å². The molecule has 0 bridgehead atoms. The molecule has 0 atom stereocenters. The largest absolute Gasteiger partial charge is 0.497 e. The van der Waals surface area contributed by atoms with Crippen LogP contribution in [-0.2, 0) is 0 Å². The van der Waals surface area contributed by atoms with Crippen molar-refractivity contribution in [2.45, 2.75) is 6.92 Å². The number of pyridine rings is 1. The van der Waals surface area contributed by atoms with Gasteiger partial charge in [0.15, 0.2) is 5.82 Å². The highest BCUT2D eigenvalue weighted by Crippen LogP contribution is 2.32. The van der Waals surface area contributed by atoms with Crippen LogP contribution < -0.4 is 27.6 Å². The number of hydrogen-bond acceptors (Lipinski definition) is 7. The summed E-state index contributed by atoms with van der Waals surface area (Å²) in [5, 5.41) is 4.74. The fourth-order valence-electron chi connectivity index (χ4n) is 3.35. The minimum Gasteiger partial charge on any atom is -0.497 e. The zero-order valence-corrected chi connectivity index (χ0v) is 16.1. The van der Waals surface area contributed by atoms with Crippen LogP contribution in [0.4, 0.5) is 5.82 Å². The van der Waals surface area contributed by atoms with Gasteiger partial charge >= 0.3 is 0 Å². The monoisotopic (exact) mass is 387 g/mol. The molecule has 4 rings (SSSR count). The average Bonchev–Trinajstić information content (AvgIpc) is 2.74. The maximum atomic E-state index is 6.39. The van der Waals surface area contributed by atoms with Crippen LogP contribution in [0.25, 0.3) is 33.4 Å². The van der Waals surface area contributed by atoms with E-state index in [1.807, 2.05) is 55.5 Å². The molecule has 29 heavy (non-hydrogen) atoms. The second kappa shape index (κ2) is 7.16. The predicted molar refractivity (Wildman–Crippen MR) is 114 cm³/mol. The van der Waals surface area contributed by atoms with Gasteiger partial charge in [-0.05, 0) is 55.0 Å². The van der Waals surface area contributed by atoms with E-state index in [1.54, 1.807) is 13.3 Å². The Morgan fingerprint density at radius 3 is 2.45 bits per heavy atom. The van der Waals surface area contributed by atoms with Crippen LogP contribution in [-0.4, -0.2) is 21.8 Å². The molecule has 146 valence electrons. The summed E-state index contributed by atoms with van der Waals surface area (Å²) in [5.74, 6) is 12.8. The third-order valence-corrected chi connectivity index (χ3v) is 4.87. The third-order valence-electron chi connectivity index (χ3n) is 4.87. The quantitative estimate of drug-likeness (QED) is 0.365. The molecule has 4 aromatic rings. The Bertz CT molecular complexity index is 1280. The number of hydrogen-bond donors (Lipinski definition) is 3. The highest BCUT2D eigenvalue weighted by molar-refractivity contribution is 5.89. The van der Waals surface area contributed by atoms with Gasteiger partial charge in [-0.25, -0.2) is 9.66 Å². The van der Waals surface area contributed by atoms with Crippen molar-refractivity contribution in [2.75, 3.05) is 18.7 Å². The van der Waals surface area contributed by atoms with E-state index < -0.39 is 0 Å². The first-order chi connectivity index (χ1) is 14.0. The molecule has 2 aromatic heterocycles. The van der Waals surface area contributed by atoms with Gasteiger partial charge in [0.2, 0.25) is 5.49 Å². The first kappa shape index (κ1) is 18.3. The van der Waals surface area contributed by atoms with Crippen molar-refractivity contribution >= 4 is 16.7 Å². The Morgan fingerprint density at radius 2 is 1.76 bits per heavy atom. The second-order valence-electron chi connectivity index (χ2n) is 6.61. The number of nitrogens with two attached hydrogens (primary N) is 3. The van der Waals surface area contributed by atoms with Crippen molar-refractivity contribution in [3.05, 3.63) is 65.8 Å². The van der Waals surface area contributed by atoms with Gasteiger partial charge in [-0.2, -0.15) is 5.10 Å². The van der Waals surface area contributed by atoms with Crippen molar-refractivity contribution in [3.63, 3.8) is 0 Å². The van der Waals surface area contributed by atoms with E-state index in [1.165, 1.54) is 4.68 Å². The van der Waals surface area contributed by atoms with Crippen LogP contribution >= 0.6 is 0 Å². The molecule has 8 nitrogen and oxygen atoms in total. The van der Waals surface area contributed by atoms with E-state index in [-0.39, 0.29) is 11.3 Å². The number of ether oxygens (including phenoxy) is 1. The molecule has 0 saturated carbocycles. The van der Waals surface area contributed by atoms with Gasteiger partial charge in [-0.15, -0.1) is 0 Å². The molecule has 0 aliphatic heterocycles. The van der Waals surface area contributed by atoms with Crippen molar-refractivity contribution < 1.29 is 4.74 Å². The van der Waals surface area contributed by atoms with Crippen molar-refractivity contribution in [1.82, 2.24) is 14.6 Å². The van der Waals surface area contributed by atoms with Gasteiger partial charge in [-0.3, -0.25) is 4.98 Å². The fourth-order valence-corrected chi connectivity index (χ4v) is 3.35. The van der Waals surface area contributed by atoms with Crippen molar-refractivity contribution in [2.24, 2.45) is 10.9 Å². The summed E-state index contributed by atoms with van der Waals surface area (Å²) in [4.78, 5) is 8.98. The lowest BCUT2D eigenvalue weighted by atomic mass is 10.0. The maximum absolute atomic E-state index is 6.39. The first-order valence-corrected chi connectivity index (χ1v) is 8.95. The number of rotatable bonds is 3.